The molecule has 0 atom stereocenters. The lowest BCUT2D eigenvalue weighted by atomic mass is 10.3. The molecule has 0 saturated heterocycles. The first-order valence-corrected chi connectivity index (χ1v) is 6.43. The van der Waals surface area contributed by atoms with E-state index in [1.165, 1.54) is 0 Å². The summed E-state index contributed by atoms with van der Waals surface area (Å²) in [7, 11) is 0. The second-order valence-corrected chi connectivity index (χ2v) is 4.61. The van der Waals surface area contributed by atoms with E-state index in [9.17, 15) is 13.2 Å². The quantitative estimate of drug-likeness (QED) is 0.831. The predicted molar refractivity (Wildman–Crippen MR) is 64.9 cm³/mol. The van der Waals surface area contributed by atoms with Gasteiger partial charge in [-0.3, -0.25) is 0 Å². The van der Waals surface area contributed by atoms with Gasteiger partial charge in [0.15, 0.2) is 0 Å². The molecule has 104 valence electrons. The van der Waals surface area contributed by atoms with E-state index in [4.69, 9.17) is 0 Å². The van der Waals surface area contributed by atoms with Crippen LogP contribution >= 0.6 is 11.5 Å². The van der Waals surface area contributed by atoms with Gasteiger partial charge in [0.1, 0.15) is 0 Å². The number of aromatic nitrogens is 4. The van der Waals surface area contributed by atoms with Crippen molar-refractivity contribution < 1.29 is 13.2 Å². The number of alkyl halides is 3. The highest BCUT2D eigenvalue weighted by molar-refractivity contribution is 7.09. The van der Waals surface area contributed by atoms with Gasteiger partial charge in [-0.25, -0.2) is 4.98 Å². The number of aryl methyl sites for hydroxylation is 1. The topological polar surface area (TPSA) is 55.6 Å². The van der Waals surface area contributed by atoms with Crippen molar-refractivity contribution in [3.05, 3.63) is 24.5 Å². The minimum atomic E-state index is -4.47. The summed E-state index contributed by atoms with van der Waals surface area (Å²) >= 11 is 0.725. The monoisotopic (exact) mass is 291 g/mol. The van der Waals surface area contributed by atoms with Crippen LogP contribution in [0.3, 0.4) is 0 Å². The molecule has 0 aliphatic rings. The number of anilines is 1. The highest BCUT2D eigenvalue weighted by Crippen LogP contribution is 2.28. The molecule has 2 heterocycles. The molecule has 0 spiro atoms. The summed E-state index contributed by atoms with van der Waals surface area (Å²) < 4.78 is 41.9. The van der Waals surface area contributed by atoms with Crippen molar-refractivity contribution in [2.75, 3.05) is 11.9 Å². The molecule has 0 bridgehead atoms. The molecule has 9 heteroatoms. The summed E-state index contributed by atoms with van der Waals surface area (Å²) in [6, 6.07) is 0. The van der Waals surface area contributed by atoms with Gasteiger partial charge >= 0.3 is 6.18 Å². The summed E-state index contributed by atoms with van der Waals surface area (Å²) in [4.78, 5) is 7.30. The summed E-state index contributed by atoms with van der Waals surface area (Å²) in [5.74, 6) is -1.08. The Morgan fingerprint density at radius 2 is 2.16 bits per heavy atom. The summed E-state index contributed by atoms with van der Waals surface area (Å²) in [6.07, 6.45) is 2.57. The fraction of sp³-hybridized carbons (Fsp3) is 0.500. The van der Waals surface area contributed by atoms with Gasteiger partial charge in [0.25, 0.3) is 0 Å². The lowest BCUT2D eigenvalue weighted by Gasteiger charge is -2.03. The number of halogens is 3. The van der Waals surface area contributed by atoms with Crippen LogP contribution in [-0.2, 0) is 12.7 Å². The molecule has 0 amide bonds. The van der Waals surface area contributed by atoms with Crippen molar-refractivity contribution in [1.29, 1.82) is 0 Å². The van der Waals surface area contributed by atoms with Gasteiger partial charge in [-0.15, -0.1) is 0 Å². The number of rotatable bonds is 6. The fourth-order valence-corrected chi connectivity index (χ4v) is 2.06. The van der Waals surface area contributed by atoms with E-state index < -0.39 is 12.0 Å². The largest absolute Gasteiger partial charge is 0.452 e. The van der Waals surface area contributed by atoms with Crippen LogP contribution in [0.2, 0.25) is 0 Å². The van der Waals surface area contributed by atoms with Gasteiger partial charge in [-0.1, -0.05) is 0 Å². The van der Waals surface area contributed by atoms with Crippen molar-refractivity contribution in [1.82, 2.24) is 18.9 Å². The highest BCUT2D eigenvalue weighted by atomic mass is 32.1. The maximum Gasteiger partial charge on any atom is 0.452 e. The Balaban J connectivity index is 1.67. The Bertz CT molecular complexity index is 493. The van der Waals surface area contributed by atoms with Crippen molar-refractivity contribution in [2.24, 2.45) is 0 Å². The van der Waals surface area contributed by atoms with Gasteiger partial charge in [0.05, 0.1) is 6.33 Å². The van der Waals surface area contributed by atoms with Crippen LogP contribution in [0.5, 0.6) is 0 Å². The van der Waals surface area contributed by atoms with Gasteiger partial charge in [-0.2, -0.15) is 22.5 Å². The number of imidazole rings is 1. The van der Waals surface area contributed by atoms with Gasteiger partial charge in [-0.05, 0) is 12.8 Å². The van der Waals surface area contributed by atoms with E-state index in [0.717, 1.165) is 30.9 Å². The molecular formula is C10H12F3N5S. The molecule has 0 aliphatic carbocycles. The predicted octanol–water partition coefficient (Wildman–Crippen LogP) is 2.65. The highest BCUT2D eigenvalue weighted by Gasteiger charge is 2.35. The van der Waals surface area contributed by atoms with E-state index in [1.54, 1.807) is 12.5 Å². The zero-order valence-electron chi connectivity index (χ0n) is 9.89. The minimum Gasteiger partial charge on any atom is -0.360 e. The zero-order chi connectivity index (χ0) is 13.7. The van der Waals surface area contributed by atoms with Crippen LogP contribution in [0.25, 0.3) is 0 Å². The van der Waals surface area contributed by atoms with E-state index in [2.05, 4.69) is 19.7 Å². The molecule has 19 heavy (non-hydrogen) atoms. The minimum absolute atomic E-state index is 0.204. The fourth-order valence-electron chi connectivity index (χ4n) is 1.44. The average molecular weight is 291 g/mol. The second kappa shape index (κ2) is 6.00. The third kappa shape index (κ3) is 4.19. The first-order chi connectivity index (χ1) is 9.05. The van der Waals surface area contributed by atoms with Gasteiger partial charge in [0.2, 0.25) is 11.0 Å². The zero-order valence-corrected chi connectivity index (χ0v) is 10.7. The first kappa shape index (κ1) is 13.8. The molecule has 0 saturated carbocycles. The maximum atomic E-state index is 12.2. The van der Waals surface area contributed by atoms with Crippen molar-refractivity contribution >= 4 is 16.7 Å². The smallest absolute Gasteiger partial charge is 0.360 e. The van der Waals surface area contributed by atoms with Gasteiger partial charge < -0.3 is 9.88 Å². The van der Waals surface area contributed by atoms with Crippen LogP contribution in [0.15, 0.2) is 18.7 Å². The third-order valence-corrected chi connectivity index (χ3v) is 3.03. The molecule has 0 radical (unpaired) electrons. The average Bonchev–Trinajstić information content (AvgIpc) is 2.97. The lowest BCUT2D eigenvalue weighted by Crippen LogP contribution is -2.08. The van der Waals surface area contributed by atoms with E-state index in [-0.39, 0.29) is 5.13 Å². The molecule has 2 aromatic rings. The normalized spacial score (nSPS) is 11.7. The summed E-state index contributed by atoms with van der Waals surface area (Å²) in [5.41, 5.74) is 0. The van der Waals surface area contributed by atoms with Gasteiger partial charge in [0, 0.05) is 37.0 Å². The Morgan fingerprint density at radius 3 is 2.79 bits per heavy atom. The number of hydrogen-bond acceptors (Lipinski definition) is 5. The Hall–Kier alpha value is -1.64. The molecule has 0 aliphatic heterocycles. The number of hydrogen-bond donors (Lipinski definition) is 1. The molecule has 2 aromatic heterocycles. The van der Waals surface area contributed by atoms with E-state index >= 15 is 0 Å². The van der Waals surface area contributed by atoms with Crippen molar-refractivity contribution in [2.45, 2.75) is 25.6 Å². The van der Waals surface area contributed by atoms with Crippen LogP contribution in [0.1, 0.15) is 18.7 Å². The first-order valence-electron chi connectivity index (χ1n) is 5.66. The van der Waals surface area contributed by atoms with Crippen molar-refractivity contribution in [3.63, 3.8) is 0 Å². The van der Waals surface area contributed by atoms with E-state index in [1.807, 2.05) is 10.8 Å². The molecule has 0 fully saturated rings. The van der Waals surface area contributed by atoms with Crippen LogP contribution in [0.4, 0.5) is 18.3 Å². The summed E-state index contributed by atoms with van der Waals surface area (Å²) in [5, 5.41) is 3.04. The lowest BCUT2D eigenvalue weighted by molar-refractivity contribution is -0.144. The third-order valence-electron chi connectivity index (χ3n) is 2.36. The second-order valence-electron chi connectivity index (χ2n) is 3.86. The molecular weight excluding hydrogens is 279 g/mol. The Labute approximate surface area is 111 Å². The SMILES string of the molecule is FC(F)(F)c1nsc(NCCCCn2ccnc2)n1. The number of unbranched alkanes of at least 4 members (excludes halogenated alkanes) is 1. The Morgan fingerprint density at radius 1 is 1.32 bits per heavy atom. The van der Waals surface area contributed by atoms with Crippen LogP contribution < -0.4 is 5.32 Å². The number of nitrogens with one attached hydrogen (secondary N) is 1. The molecule has 0 aromatic carbocycles. The van der Waals surface area contributed by atoms with Crippen LogP contribution in [-0.4, -0.2) is 25.5 Å². The Kier molecular flexibility index (Phi) is 4.35. The van der Waals surface area contributed by atoms with Crippen LogP contribution in [0, 0.1) is 0 Å². The van der Waals surface area contributed by atoms with E-state index in [0.29, 0.717) is 6.54 Å². The summed E-state index contributed by atoms with van der Waals surface area (Å²) in [6.45, 7) is 1.41. The molecule has 5 nitrogen and oxygen atoms in total. The standard InChI is InChI=1S/C10H12F3N5S/c11-10(12,13)8-16-9(19-17-8)15-3-1-2-5-18-6-4-14-7-18/h4,6-7H,1-3,5H2,(H,15,16,17). The van der Waals surface area contributed by atoms with Crippen molar-refractivity contribution in [3.8, 4) is 0 Å². The molecule has 0 unspecified atom stereocenters. The molecule has 1 N–H and O–H groups in total. The number of nitrogens with zero attached hydrogens (tertiary/aromatic N) is 4. The molecule has 2 rings (SSSR count). The maximum absolute atomic E-state index is 12.2.